The molecule has 1 heterocycles. The minimum Gasteiger partial charge on any atom is -0.469 e. The van der Waals surface area contributed by atoms with Gasteiger partial charge in [-0.05, 0) is 43.0 Å². The van der Waals surface area contributed by atoms with Crippen LogP contribution in [0.5, 0.6) is 0 Å². The van der Waals surface area contributed by atoms with Crippen LogP contribution < -0.4 is 0 Å². The first kappa shape index (κ1) is 23.1. The highest BCUT2D eigenvalue weighted by molar-refractivity contribution is 6.36. The molecule has 0 radical (unpaired) electrons. The van der Waals surface area contributed by atoms with E-state index in [1.54, 1.807) is 0 Å². The number of methoxy groups -OCH3 is 1. The number of nitrogens with zero attached hydrogens (tertiary/aromatic N) is 1. The van der Waals surface area contributed by atoms with Gasteiger partial charge >= 0.3 is 5.97 Å². The molecular formula is C25H25Cl2NO3. The highest BCUT2D eigenvalue weighted by atomic mass is 35.5. The molecule has 3 rings (SSSR count). The Morgan fingerprint density at radius 3 is 2.42 bits per heavy atom. The molecule has 1 aliphatic heterocycles. The highest BCUT2D eigenvalue weighted by Crippen LogP contribution is 2.43. The standard InChI is InChI=1S/C25H25Cl2NO3/c1-16-20(25-21(26)9-6-10-22(25)27)13-19(28(2)23(16)14-24(30)31-3)12-11-17-7-4-5-8-18(17)15-29/h4-10,13,15,20H,11-12,14H2,1-3H3. The molecule has 0 amide bonds. The molecule has 31 heavy (non-hydrogen) atoms. The van der Waals surface area contributed by atoms with Crippen molar-refractivity contribution < 1.29 is 14.3 Å². The fraction of sp³-hybridized carbons (Fsp3) is 0.280. The second-order valence-electron chi connectivity index (χ2n) is 7.53. The first-order valence-electron chi connectivity index (χ1n) is 10.0. The van der Waals surface area contributed by atoms with Crippen LogP contribution in [0.4, 0.5) is 0 Å². The third-order valence-corrected chi connectivity index (χ3v) is 6.46. The molecule has 1 aliphatic rings. The van der Waals surface area contributed by atoms with Crippen LogP contribution in [0.25, 0.3) is 0 Å². The summed E-state index contributed by atoms with van der Waals surface area (Å²) in [5, 5.41) is 1.17. The highest BCUT2D eigenvalue weighted by Gasteiger charge is 2.29. The summed E-state index contributed by atoms with van der Waals surface area (Å²) < 4.78 is 4.92. The van der Waals surface area contributed by atoms with Crippen LogP contribution in [0.3, 0.4) is 0 Å². The van der Waals surface area contributed by atoms with Gasteiger partial charge in [-0.15, -0.1) is 0 Å². The summed E-state index contributed by atoms with van der Waals surface area (Å²) in [5.74, 6) is -0.467. The first-order chi connectivity index (χ1) is 14.9. The lowest BCUT2D eigenvalue weighted by Gasteiger charge is -2.35. The minimum atomic E-state index is -0.308. The van der Waals surface area contributed by atoms with E-state index in [0.29, 0.717) is 28.5 Å². The molecule has 2 aromatic carbocycles. The third-order valence-electron chi connectivity index (χ3n) is 5.80. The van der Waals surface area contributed by atoms with E-state index in [9.17, 15) is 9.59 Å². The number of aryl methyl sites for hydroxylation is 1. The largest absolute Gasteiger partial charge is 0.469 e. The fourth-order valence-corrected chi connectivity index (χ4v) is 4.64. The Labute approximate surface area is 193 Å². The monoisotopic (exact) mass is 457 g/mol. The SMILES string of the molecule is COC(=O)CC1=C(C)C(c2c(Cl)cccc2Cl)C=C(CCc2ccccc2C=O)N1C. The van der Waals surface area contributed by atoms with Gasteiger partial charge in [0, 0.05) is 45.5 Å². The number of hydrogen-bond donors (Lipinski definition) is 0. The van der Waals surface area contributed by atoms with Crippen molar-refractivity contribution in [2.75, 3.05) is 14.2 Å². The summed E-state index contributed by atoms with van der Waals surface area (Å²) in [6.07, 6.45) is 4.57. The fourth-order valence-electron chi connectivity index (χ4n) is 4.01. The number of rotatable bonds is 7. The van der Waals surface area contributed by atoms with E-state index in [-0.39, 0.29) is 18.3 Å². The van der Waals surface area contributed by atoms with Crippen molar-refractivity contribution in [3.63, 3.8) is 0 Å². The van der Waals surface area contributed by atoms with Crippen molar-refractivity contribution >= 4 is 35.5 Å². The van der Waals surface area contributed by atoms with Gasteiger partial charge in [0.25, 0.3) is 0 Å². The van der Waals surface area contributed by atoms with Crippen molar-refractivity contribution in [3.05, 3.63) is 92.2 Å². The number of esters is 1. The van der Waals surface area contributed by atoms with Gasteiger partial charge in [0.1, 0.15) is 6.29 Å². The predicted molar refractivity (Wildman–Crippen MR) is 125 cm³/mol. The lowest BCUT2D eigenvalue weighted by molar-refractivity contribution is -0.140. The Balaban J connectivity index is 2.01. The maximum Gasteiger partial charge on any atom is 0.311 e. The molecule has 0 saturated heterocycles. The van der Waals surface area contributed by atoms with Gasteiger partial charge < -0.3 is 9.64 Å². The second kappa shape index (κ2) is 10.2. The summed E-state index contributed by atoms with van der Waals surface area (Å²) >= 11 is 13.1. The summed E-state index contributed by atoms with van der Waals surface area (Å²) in [4.78, 5) is 25.6. The summed E-state index contributed by atoms with van der Waals surface area (Å²) in [5.41, 5.74) is 5.40. The van der Waals surface area contributed by atoms with Crippen LogP contribution >= 0.6 is 23.2 Å². The molecule has 0 N–H and O–H groups in total. The Morgan fingerprint density at radius 2 is 1.77 bits per heavy atom. The van der Waals surface area contributed by atoms with E-state index >= 15 is 0 Å². The van der Waals surface area contributed by atoms with Crippen molar-refractivity contribution in [1.29, 1.82) is 0 Å². The number of carbonyl (C=O) groups excluding carboxylic acids is 2. The number of hydrogen-bond acceptors (Lipinski definition) is 4. The number of carbonyl (C=O) groups is 2. The van der Waals surface area contributed by atoms with Crippen LogP contribution in [0.15, 0.2) is 65.5 Å². The van der Waals surface area contributed by atoms with Gasteiger partial charge in [0.2, 0.25) is 0 Å². The maximum absolute atomic E-state index is 12.1. The molecular weight excluding hydrogens is 433 g/mol. The average molecular weight is 458 g/mol. The lowest BCUT2D eigenvalue weighted by Crippen LogP contribution is -2.27. The Kier molecular flexibility index (Phi) is 7.58. The molecule has 0 fully saturated rings. The number of halogens is 2. The summed E-state index contributed by atoms with van der Waals surface area (Å²) in [6.45, 7) is 1.99. The predicted octanol–water partition coefficient (Wildman–Crippen LogP) is 6.19. The van der Waals surface area contributed by atoms with Gasteiger partial charge in [0.15, 0.2) is 0 Å². The van der Waals surface area contributed by atoms with Gasteiger partial charge in [-0.1, -0.05) is 59.6 Å². The Bertz CT molecular complexity index is 1040. The molecule has 0 bridgehead atoms. The molecule has 162 valence electrons. The molecule has 0 saturated carbocycles. The van der Waals surface area contributed by atoms with E-state index in [1.165, 1.54) is 7.11 Å². The van der Waals surface area contributed by atoms with Crippen LogP contribution in [-0.4, -0.2) is 31.3 Å². The molecule has 1 atom stereocenters. The number of aldehydes is 1. The zero-order valence-corrected chi connectivity index (χ0v) is 19.3. The quantitative estimate of drug-likeness (QED) is 0.367. The van der Waals surface area contributed by atoms with Gasteiger partial charge in [-0.3, -0.25) is 9.59 Å². The minimum absolute atomic E-state index is 0.152. The normalized spacial score (nSPS) is 16.2. The van der Waals surface area contributed by atoms with Gasteiger partial charge in [-0.25, -0.2) is 0 Å². The zero-order valence-electron chi connectivity index (χ0n) is 17.8. The Morgan fingerprint density at radius 1 is 1.10 bits per heavy atom. The smallest absolute Gasteiger partial charge is 0.311 e. The van der Waals surface area contributed by atoms with Crippen molar-refractivity contribution in [2.24, 2.45) is 0 Å². The van der Waals surface area contributed by atoms with Gasteiger partial charge in [0.05, 0.1) is 13.5 Å². The topological polar surface area (TPSA) is 46.6 Å². The number of allylic oxidation sites excluding steroid dienone is 3. The second-order valence-corrected chi connectivity index (χ2v) is 8.34. The van der Waals surface area contributed by atoms with Crippen LogP contribution in [0.1, 0.15) is 47.2 Å². The van der Waals surface area contributed by atoms with Crippen molar-refractivity contribution in [3.8, 4) is 0 Å². The maximum atomic E-state index is 12.1. The Hall–Kier alpha value is -2.56. The molecule has 6 heteroatoms. The van der Waals surface area contributed by atoms with E-state index in [4.69, 9.17) is 27.9 Å². The number of ether oxygens (including phenoxy) is 1. The third kappa shape index (κ3) is 5.03. The zero-order chi connectivity index (χ0) is 22.5. The molecule has 0 spiro atoms. The molecule has 2 aromatic rings. The lowest BCUT2D eigenvalue weighted by atomic mass is 9.85. The van der Waals surface area contributed by atoms with E-state index in [1.807, 2.05) is 61.3 Å². The van der Waals surface area contributed by atoms with Crippen LogP contribution in [-0.2, 0) is 16.0 Å². The average Bonchev–Trinajstić information content (AvgIpc) is 2.77. The molecule has 4 nitrogen and oxygen atoms in total. The van der Waals surface area contributed by atoms with E-state index in [2.05, 4.69) is 6.08 Å². The van der Waals surface area contributed by atoms with E-state index in [0.717, 1.165) is 34.4 Å². The van der Waals surface area contributed by atoms with Gasteiger partial charge in [-0.2, -0.15) is 0 Å². The number of benzene rings is 2. The molecule has 0 aromatic heterocycles. The first-order valence-corrected chi connectivity index (χ1v) is 10.8. The van der Waals surface area contributed by atoms with Crippen molar-refractivity contribution in [2.45, 2.75) is 32.1 Å². The van der Waals surface area contributed by atoms with Crippen LogP contribution in [0.2, 0.25) is 10.0 Å². The molecule has 1 unspecified atom stereocenters. The van der Waals surface area contributed by atoms with Crippen LogP contribution in [0, 0.1) is 0 Å². The summed E-state index contributed by atoms with van der Waals surface area (Å²) in [6, 6.07) is 13.0. The summed E-state index contributed by atoms with van der Waals surface area (Å²) in [7, 11) is 3.33. The molecule has 0 aliphatic carbocycles. The van der Waals surface area contributed by atoms with Crippen molar-refractivity contribution in [1.82, 2.24) is 4.90 Å². The van der Waals surface area contributed by atoms with E-state index < -0.39 is 0 Å².